The minimum Gasteiger partial charge on any atom is -0.462 e. The molecule has 6 nitrogen and oxygen atoms in total. The molecular formula is C66H96O6. The van der Waals surface area contributed by atoms with Gasteiger partial charge in [0.2, 0.25) is 0 Å². The molecule has 1 atom stereocenters. The van der Waals surface area contributed by atoms with Gasteiger partial charge >= 0.3 is 17.9 Å². The van der Waals surface area contributed by atoms with Crippen molar-refractivity contribution in [2.24, 2.45) is 0 Å². The van der Waals surface area contributed by atoms with Gasteiger partial charge in [0.25, 0.3) is 0 Å². The molecule has 72 heavy (non-hydrogen) atoms. The van der Waals surface area contributed by atoms with Crippen LogP contribution in [-0.2, 0) is 28.6 Å². The van der Waals surface area contributed by atoms with Gasteiger partial charge in [0.05, 0.1) is 0 Å². The number of hydrogen-bond donors (Lipinski definition) is 0. The van der Waals surface area contributed by atoms with E-state index in [-0.39, 0.29) is 50.4 Å². The lowest BCUT2D eigenvalue weighted by atomic mass is 10.1. The molecule has 0 aliphatic carbocycles. The smallest absolute Gasteiger partial charge is 0.306 e. The number of esters is 3. The third-order valence-corrected chi connectivity index (χ3v) is 10.7. The average molecular weight is 985 g/mol. The molecule has 0 saturated heterocycles. The third kappa shape index (κ3) is 55.2. The van der Waals surface area contributed by atoms with Crippen LogP contribution in [0.5, 0.6) is 0 Å². The largest absolute Gasteiger partial charge is 0.462 e. The number of allylic oxidation sites excluding steroid dienone is 32. The lowest BCUT2D eigenvalue weighted by Crippen LogP contribution is -2.30. The first kappa shape index (κ1) is 66.2. The predicted molar refractivity (Wildman–Crippen MR) is 310 cm³/mol. The zero-order valence-electron chi connectivity index (χ0n) is 45.1. The van der Waals surface area contributed by atoms with Crippen LogP contribution in [0.25, 0.3) is 0 Å². The number of carbonyl (C=O) groups excluding carboxylic acids is 3. The summed E-state index contributed by atoms with van der Waals surface area (Å²) in [6.07, 6.45) is 88.3. The molecule has 0 aromatic rings. The molecule has 6 heteroatoms. The van der Waals surface area contributed by atoms with Gasteiger partial charge < -0.3 is 14.2 Å². The normalized spacial score (nSPS) is 13.7. The Morgan fingerprint density at radius 1 is 0.292 bits per heavy atom. The third-order valence-electron chi connectivity index (χ3n) is 10.7. The Morgan fingerprint density at radius 2 is 0.542 bits per heavy atom. The van der Waals surface area contributed by atoms with E-state index in [9.17, 15) is 14.4 Å². The second-order valence-corrected chi connectivity index (χ2v) is 17.4. The maximum Gasteiger partial charge on any atom is 0.306 e. The molecule has 0 rings (SSSR count). The first-order chi connectivity index (χ1) is 35.5. The molecule has 396 valence electrons. The summed E-state index contributed by atoms with van der Waals surface area (Å²) < 4.78 is 16.8. The van der Waals surface area contributed by atoms with Crippen LogP contribution < -0.4 is 0 Å². The summed E-state index contributed by atoms with van der Waals surface area (Å²) in [7, 11) is 0. The number of hydrogen-bond acceptors (Lipinski definition) is 6. The highest BCUT2D eigenvalue weighted by Gasteiger charge is 2.19. The first-order valence-corrected chi connectivity index (χ1v) is 27.7. The van der Waals surface area contributed by atoms with Crippen molar-refractivity contribution >= 4 is 17.9 Å². The summed E-state index contributed by atoms with van der Waals surface area (Å²) >= 11 is 0. The number of unbranched alkanes of at least 4 members (excludes halogenated alkanes) is 16. The fourth-order valence-corrected chi connectivity index (χ4v) is 6.63. The molecule has 0 bridgehead atoms. The van der Waals surface area contributed by atoms with Crippen molar-refractivity contribution in [2.75, 3.05) is 13.2 Å². The Morgan fingerprint density at radius 3 is 0.861 bits per heavy atom. The van der Waals surface area contributed by atoms with E-state index >= 15 is 0 Å². The zero-order valence-corrected chi connectivity index (χ0v) is 45.1. The van der Waals surface area contributed by atoms with Gasteiger partial charge in [0, 0.05) is 19.3 Å². The van der Waals surface area contributed by atoms with Crippen LogP contribution in [0.2, 0.25) is 0 Å². The molecule has 0 heterocycles. The van der Waals surface area contributed by atoms with Crippen LogP contribution in [0.1, 0.15) is 181 Å². The molecular weight excluding hydrogens is 889 g/mol. The minimum absolute atomic E-state index is 0.137. The van der Waals surface area contributed by atoms with E-state index in [0.29, 0.717) is 12.8 Å². The number of ether oxygens (including phenoxy) is 3. The van der Waals surface area contributed by atoms with Crippen LogP contribution in [-0.4, -0.2) is 37.2 Å². The molecule has 0 aromatic heterocycles. The van der Waals surface area contributed by atoms with Crippen LogP contribution in [0.3, 0.4) is 0 Å². The summed E-state index contributed by atoms with van der Waals surface area (Å²) in [5, 5.41) is 0. The van der Waals surface area contributed by atoms with E-state index in [2.05, 4.69) is 81.5 Å². The van der Waals surface area contributed by atoms with Gasteiger partial charge in [-0.1, -0.05) is 273 Å². The molecule has 0 saturated carbocycles. The van der Waals surface area contributed by atoms with E-state index in [1.165, 1.54) is 32.1 Å². The van der Waals surface area contributed by atoms with Crippen LogP contribution in [0.15, 0.2) is 194 Å². The standard InChI is InChI=1S/C66H96O6/c1-4-7-10-13-16-19-22-25-28-31-33-36-38-41-44-47-50-53-56-59-65(68)71-62-63(61-70-64(67)58-55-52-49-46-43-40-37-34-30-27-24-21-18-15-12-9-6-3)72-66(69)60-57-54-51-48-45-42-39-35-32-29-26-23-20-17-14-11-8-5-2/h7,9-10,12-13,15-16,18-19,21-41,43-44,63H,4-6,8,11,14,17,20,42,45-62H2,1-3H3/b10-7-,12-9-,16-13-,18-15-,22-19-,24-21-,26-23-,28-25-,30-27-,32-29-,33-31+,37-34+,38-36-,39-35-,43-40-,44-41-. The maximum atomic E-state index is 12.9. The Kier molecular flexibility index (Phi) is 53.2. The van der Waals surface area contributed by atoms with Gasteiger partial charge in [-0.05, 0) is 83.5 Å². The van der Waals surface area contributed by atoms with Gasteiger partial charge in [-0.3, -0.25) is 14.4 Å². The highest BCUT2D eigenvalue weighted by atomic mass is 16.6. The lowest BCUT2D eigenvalue weighted by molar-refractivity contribution is -0.167. The second kappa shape index (κ2) is 57.8. The zero-order chi connectivity index (χ0) is 52.2. The van der Waals surface area contributed by atoms with Crippen molar-refractivity contribution in [1.82, 2.24) is 0 Å². The summed E-state index contributed by atoms with van der Waals surface area (Å²) in [5.74, 6) is -1.06. The van der Waals surface area contributed by atoms with Crippen molar-refractivity contribution < 1.29 is 28.6 Å². The lowest BCUT2D eigenvalue weighted by Gasteiger charge is -2.18. The molecule has 0 amide bonds. The highest BCUT2D eigenvalue weighted by Crippen LogP contribution is 2.12. The maximum absolute atomic E-state index is 12.9. The van der Waals surface area contributed by atoms with Crippen LogP contribution >= 0.6 is 0 Å². The van der Waals surface area contributed by atoms with Gasteiger partial charge in [0.1, 0.15) is 13.2 Å². The predicted octanol–water partition coefficient (Wildman–Crippen LogP) is 18.7. The van der Waals surface area contributed by atoms with E-state index in [1.54, 1.807) is 0 Å². The Balaban J connectivity index is 4.68. The Hall–Kier alpha value is -5.75. The molecule has 0 spiro atoms. The summed E-state index contributed by atoms with van der Waals surface area (Å²) in [6, 6.07) is 0. The van der Waals surface area contributed by atoms with Crippen molar-refractivity contribution in [3.63, 3.8) is 0 Å². The number of rotatable bonds is 46. The van der Waals surface area contributed by atoms with Crippen LogP contribution in [0.4, 0.5) is 0 Å². The van der Waals surface area contributed by atoms with Crippen LogP contribution in [0, 0.1) is 0 Å². The first-order valence-electron chi connectivity index (χ1n) is 27.7. The topological polar surface area (TPSA) is 78.9 Å². The minimum atomic E-state index is -0.840. The second-order valence-electron chi connectivity index (χ2n) is 17.4. The molecule has 0 N–H and O–H groups in total. The summed E-state index contributed by atoms with van der Waals surface area (Å²) in [5.41, 5.74) is 0. The van der Waals surface area contributed by atoms with E-state index < -0.39 is 6.10 Å². The van der Waals surface area contributed by atoms with Gasteiger partial charge in [-0.25, -0.2) is 0 Å². The van der Waals surface area contributed by atoms with Gasteiger partial charge in [-0.15, -0.1) is 0 Å². The van der Waals surface area contributed by atoms with E-state index in [0.717, 1.165) is 96.3 Å². The number of carbonyl (C=O) groups is 3. The highest BCUT2D eigenvalue weighted by molar-refractivity contribution is 5.71. The van der Waals surface area contributed by atoms with Crippen molar-refractivity contribution in [3.05, 3.63) is 194 Å². The van der Waals surface area contributed by atoms with Gasteiger partial charge in [-0.2, -0.15) is 0 Å². The van der Waals surface area contributed by atoms with Crippen molar-refractivity contribution in [1.29, 1.82) is 0 Å². The summed E-state index contributed by atoms with van der Waals surface area (Å²) in [6.45, 7) is 6.20. The SMILES string of the molecule is CC\C=C/C=C\C=C/C=C\C=C\C=C/C=C\CCCCCC(=O)OCC(COC(=O)CCCCC\C=C/C=C/C=C\C=C/C=C\C=C/CC)OC(=O)CCCCCCC\C=C/C=C\C=C/CCCCCCC. The molecule has 0 aromatic carbocycles. The summed E-state index contributed by atoms with van der Waals surface area (Å²) in [4.78, 5) is 38.1. The van der Waals surface area contributed by atoms with E-state index in [1.807, 2.05) is 134 Å². The van der Waals surface area contributed by atoms with Gasteiger partial charge in [0.15, 0.2) is 6.10 Å². The quantitative estimate of drug-likeness (QED) is 0.0262. The molecule has 0 radical (unpaired) electrons. The Labute approximate surface area is 439 Å². The molecule has 0 aliphatic rings. The molecule has 0 aliphatic heterocycles. The fourth-order valence-electron chi connectivity index (χ4n) is 6.63. The molecule has 0 fully saturated rings. The van der Waals surface area contributed by atoms with Crippen molar-refractivity contribution in [3.8, 4) is 0 Å². The van der Waals surface area contributed by atoms with E-state index in [4.69, 9.17) is 14.2 Å². The monoisotopic (exact) mass is 985 g/mol. The Bertz CT molecular complexity index is 1800. The average Bonchev–Trinajstić information content (AvgIpc) is 3.38. The molecule has 1 unspecified atom stereocenters. The van der Waals surface area contributed by atoms with Crippen molar-refractivity contribution in [2.45, 2.75) is 187 Å². The fraction of sp³-hybridized carbons (Fsp3) is 0.470.